The summed E-state index contributed by atoms with van der Waals surface area (Å²) in [7, 11) is -3.69. The Hall–Kier alpha value is -3.44. The van der Waals surface area contributed by atoms with E-state index in [1.54, 1.807) is 50.2 Å². The van der Waals surface area contributed by atoms with Crippen LogP contribution < -0.4 is 19.8 Å². The van der Waals surface area contributed by atoms with E-state index in [9.17, 15) is 18.0 Å². The third kappa shape index (κ3) is 8.06. The number of benzene rings is 2. The van der Waals surface area contributed by atoms with Gasteiger partial charge >= 0.3 is 0 Å². The first-order valence-electron chi connectivity index (χ1n) is 11.6. The van der Waals surface area contributed by atoms with Gasteiger partial charge < -0.3 is 14.8 Å². The molecule has 1 aliphatic heterocycles. The maximum Gasteiger partial charge on any atom is 0.260 e. The molecule has 11 heteroatoms. The Labute approximate surface area is 211 Å². The molecule has 1 saturated heterocycles. The molecule has 0 saturated carbocycles. The number of nitrogens with zero attached hydrogens (tertiary/aromatic N) is 2. The Kier molecular flexibility index (Phi) is 9.43. The normalized spacial score (nSPS) is 15.6. The quantitative estimate of drug-likeness (QED) is 0.347. The molecular formula is C25H32N4O6S. The van der Waals surface area contributed by atoms with Crippen molar-refractivity contribution in [3.8, 4) is 5.75 Å². The molecule has 1 aliphatic rings. The van der Waals surface area contributed by atoms with Crippen LogP contribution in [0.2, 0.25) is 0 Å². The van der Waals surface area contributed by atoms with E-state index in [0.29, 0.717) is 23.5 Å². The molecule has 194 valence electrons. The summed E-state index contributed by atoms with van der Waals surface area (Å²) in [6.07, 6.45) is 4.54. The summed E-state index contributed by atoms with van der Waals surface area (Å²) in [4.78, 5) is 24.3. The van der Waals surface area contributed by atoms with Crippen LogP contribution >= 0.6 is 0 Å². The largest absolute Gasteiger partial charge is 0.484 e. The van der Waals surface area contributed by atoms with E-state index in [-0.39, 0.29) is 18.6 Å². The van der Waals surface area contributed by atoms with Crippen molar-refractivity contribution in [1.82, 2.24) is 10.7 Å². The Balaban J connectivity index is 1.48. The standard InChI is InChI=1S/C25H32N4O6S/c1-18-6-4-7-19(2)25(18)29(36(3,32)33)16-23(30)28-27-14-20-9-11-21(12-10-20)35-17-24(31)26-15-22-8-5-13-34-22/h4,6-7,9-12,14,22H,5,8,13,15-17H2,1-3H3,(H,26,31)(H,28,30)/b27-14-/t22-/m1/s1. The number of hydrazone groups is 1. The van der Waals surface area contributed by atoms with E-state index >= 15 is 0 Å². The highest BCUT2D eigenvalue weighted by molar-refractivity contribution is 7.92. The third-order valence-corrected chi connectivity index (χ3v) is 6.69. The van der Waals surface area contributed by atoms with Gasteiger partial charge in [-0.15, -0.1) is 0 Å². The van der Waals surface area contributed by atoms with Gasteiger partial charge in [0.25, 0.3) is 11.8 Å². The number of carbonyl (C=O) groups excluding carboxylic acids is 2. The molecule has 0 bridgehead atoms. The number of aryl methyl sites for hydroxylation is 2. The highest BCUT2D eigenvalue weighted by atomic mass is 32.2. The highest BCUT2D eigenvalue weighted by Crippen LogP contribution is 2.26. The van der Waals surface area contributed by atoms with E-state index in [2.05, 4.69) is 15.8 Å². The minimum Gasteiger partial charge on any atom is -0.484 e. The van der Waals surface area contributed by atoms with Crippen LogP contribution in [0, 0.1) is 13.8 Å². The van der Waals surface area contributed by atoms with Crippen molar-refractivity contribution in [2.24, 2.45) is 5.10 Å². The SMILES string of the molecule is Cc1cccc(C)c1N(CC(=O)N/N=C\c1ccc(OCC(=O)NC[C@H]2CCCO2)cc1)S(C)(=O)=O. The van der Waals surface area contributed by atoms with Crippen molar-refractivity contribution in [1.29, 1.82) is 0 Å². The molecule has 2 N–H and O–H groups in total. The second-order valence-corrected chi connectivity index (χ2v) is 10.5. The molecule has 1 fully saturated rings. The lowest BCUT2D eigenvalue weighted by atomic mass is 10.1. The molecule has 36 heavy (non-hydrogen) atoms. The fraction of sp³-hybridized carbons (Fsp3) is 0.400. The fourth-order valence-electron chi connectivity index (χ4n) is 3.79. The van der Waals surface area contributed by atoms with E-state index in [0.717, 1.165) is 41.1 Å². The predicted molar refractivity (Wildman–Crippen MR) is 138 cm³/mol. The lowest BCUT2D eigenvalue weighted by Gasteiger charge is -2.25. The number of amides is 2. The van der Waals surface area contributed by atoms with Crippen LogP contribution in [0.4, 0.5) is 5.69 Å². The van der Waals surface area contributed by atoms with Gasteiger partial charge in [0.15, 0.2) is 6.61 Å². The zero-order chi connectivity index (χ0) is 26.1. The van der Waals surface area contributed by atoms with Crippen LogP contribution in [0.25, 0.3) is 0 Å². The van der Waals surface area contributed by atoms with E-state index in [4.69, 9.17) is 9.47 Å². The number of sulfonamides is 1. The van der Waals surface area contributed by atoms with Gasteiger partial charge in [-0.25, -0.2) is 13.8 Å². The summed E-state index contributed by atoms with van der Waals surface area (Å²) in [5.74, 6) is -0.281. The smallest absolute Gasteiger partial charge is 0.260 e. The molecule has 0 radical (unpaired) electrons. The minimum atomic E-state index is -3.69. The van der Waals surface area contributed by atoms with E-state index in [1.165, 1.54) is 6.21 Å². The Morgan fingerprint density at radius 2 is 1.83 bits per heavy atom. The van der Waals surface area contributed by atoms with Crippen LogP contribution in [0.15, 0.2) is 47.6 Å². The topological polar surface area (TPSA) is 126 Å². The van der Waals surface area contributed by atoms with Crippen LogP contribution in [0.3, 0.4) is 0 Å². The average molecular weight is 517 g/mol. The van der Waals surface area contributed by atoms with Crippen LogP contribution in [0.1, 0.15) is 29.5 Å². The zero-order valence-electron chi connectivity index (χ0n) is 20.7. The van der Waals surface area contributed by atoms with Gasteiger partial charge in [0.05, 0.1) is 24.3 Å². The summed E-state index contributed by atoms with van der Waals surface area (Å²) in [5.41, 5.74) is 5.03. The summed E-state index contributed by atoms with van der Waals surface area (Å²) in [6.45, 7) is 4.30. The van der Waals surface area contributed by atoms with Crippen molar-refractivity contribution in [2.75, 3.05) is 36.9 Å². The van der Waals surface area contributed by atoms with Gasteiger partial charge in [-0.3, -0.25) is 13.9 Å². The van der Waals surface area contributed by atoms with E-state index < -0.39 is 22.5 Å². The van der Waals surface area contributed by atoms with Crippen LogP contribution in [0.5, 0.6) is 5.75 Å². The van der Waals surface area contributed by atoms with Crippen molar-refractivity contribution in [3.63, 3.8) is 0 Å². The van der Waals surface area contributed by atoms with Gasteiger partial charge in [-0.1, -0.05) is 18.2 Å². The Bertz CT molecular complexity index is 1170. The Morgan fingerprint density at radius 1 is 1.14 bits per heavy atom. The molecule has 1 atom stereocenters. The molecule has 0 spiro atoms. The predicted octanol–water partition coefficient (Wildman–Crippen LogP) is 1.89. The number of ether oxygens (including phenoxy) is 2. The molecular weight excluding hydrogens is 484 g/mol. The van der Waals surface area contributed by atoms with Crippen molar-refractivity contribution >= 4 is 33.7 Å². The lowest BCUT2D eigenvalue weighted by Crippen LogP contribution is -2.39. The number of para-hydroxylation sites is 1. The van der Waals surface area contributed by atoms with Crippen LogP contribution in [-0.2, 0) is 24.3 Å². The maximum atomic E-state index is 12.4. The molecule has 2 aromatic rings. The molecule has 3 rings (SSSR count). The van der Waals surface area contributed by atoms with E-state index in [1.807, 2.05) is 6.07 Å². The first-order valence-corrected chi connectivity index (χ1v) is 13.5. The summed E-state index contributed by atoms with van der Waals surface area (Å²) in [6, 6.07) is 12.2. The van der Waals surface area contributed by atoms with Gasteiger partial charge in [0.1, 0.15) is 12.3 Å². The highest BCUT2D eigenvalue weighted by Gasteiger charge is 2.23. The first-order chi connectivity index (χ1) is 17.1. The number of nitrogens with one attached hydrogen (secondary N) is 2. The second-order valence-electron chi connectivity index (χ2n) is 8.60. The molecule has 10 nitrogen and oxygen atoms in total. The Morgan fingerprint density at radius 3 is 2.44 bits per heavy atom. The molecule has 2 amide bonds. The monoisotopic (exact) mass is 516 g/mol. The summed E-state index contributed by atoms with van der Waals surface area (Å²) in [5, 5.41) is 6.71. The lowest BCUT2D eigenvalue weighted by molar-refractivity contribution is -0.123. The van der Waals surface area contributed by atoms with Crippen molar-refractivity contribution < 1.29 is 27.5 Å². The van der Waals surface area contributed by atoms with Crippen LogP contribution in [-0.4, -0.2) is 65.1 Å². The minimum absolute atomic E-state index is 0.0778. The molecule has 0 aromatic heterocycles. The van der Waals surface area contributed by atoms with Crippen molar-refractivity contribution in [2.45, 2.75) is 32.8 Å². The first kappa shape index (κ1) is 27.2. The zero-order valence-corrected chi connectivity index (χ0v) is 21.5. The number of hydrogen-bond donors (Lipinski definition) is 2. The van der Waals surface area contributed by atoms with Gasteiger partial charge in [-0.05, 0) is 67.6 Å². The third-order valence-electron chi connectivity index (χ3n) is 5.58. The van der Waals surface area contributed by atoms with Gasteiger partial charge in [-0.2, -0.15) is 5.10 Å². The van der Waals surface area contributed by atoms with Gasteiger partial charge in [0.2, 0.25) is 10.0 Å². The fourth-order valence-corrected chi connectivity index (χ4v) is 4.76. The second kappa shape index (κ2) is 12.5. The molecule has 2 aromatic carbocycles. The summed E-state index contributed by atoms with van der Waals surface area (Å²) < 4.78 is 36.7. The number of carbonyl (C=O) groups is 2. The molecule has 1 heterocycles. The average Bonchev–Trinajstić information content (AvgIpc) is 3.34. The van der Waals surface area contributed by atoms with Crippen molar-refractivity contribution in [3.05, 3.63) is 59.2 Å². The number of rotatable bonds is 11. The van der Waals surface area contributed by atoms with Gasteiger partial charge in [0, 0.05) is 13.2 Å². The maximum absolute atomic E-state index is 12.4. The molecule has 0 unspecified atom stereocenters. The number of anilines is 1. The molecule has 0 aliphatic carbocycles. The summed E-state index contributed by atoms with van der Waals surface area (Å²) >= 11 is 0. The number of hydrogen-bond acceptors (Lipinski definition) is 7.